The van der Waals surface area contributed by atoms with Crippen LogP contribution in [0.15, 0.2) is 12.4 Å². The van der Waals surface area contributed by atoms with Crippen molar-refractivity contribution in [1.82, 2.24) is 14.9 Å². The largest absolute Gasteiger partial charge is 0.468 e. The molecule has 0 spiro atoms. The van der Waals surface area contributed by atoms with Gasteiger partial charge in [-0.25, -0.2) is 9.78 Å². The van der Waals surface area contributed by atoms with E-state index in [-0.39, 0.29) is 5.97 Å². The number of methoxy groups -OCH3 is 1. The van der Waals surface area contributed by atoms with E-state index in [9.17, 15) is 4.79 Å². The minimum absolute atomic E-state index is 0.275. The lowest BCUT2D eigenvalue weighted by molar-refractivity contribution is -0.148. The summed E-state index contributed by atoms with van der Waals surface area (Å²) in [4.78, 5) is 16.1. The maximum atomic E-state index is 11.8. The molecule has 1 unspecified atom stereocenters. The van der Waals surface area contributed by atoms with Crippen LogP contribution in [0.3, 0.4) is 0 Å². The van der Waals surface area contributed by atoms with Gasteiger partial charge in [0.05, 0.1) is 13.7 Å². The van der Waals surface area contributed by atoms with E-state index in [1.165, 1.54) is 7.11 Å². The van der Waals surface area contributed by atoms with Gasteiger partial charge in [-0.3, -0.25) is 0 Å². The van der Waals surface area contributed by atoms with Gasteiger partial charge in [-0.2, -0.15) is 0 Å². The first-order valence-electron chi connectivity index (χ1n) is 5.73. The molecule has 1 N–H and O–H groups in total. The maximum Gasteiger partial charge on any atom is 0.327 e. The minimum atomic E-state index is -0.737. The van der Waals surface area contributed by atoms with E-state index in [4.69, 9.17) is 4.74 Å². The normalized spacial score (nSPS) is 14.7. The lowest BCUT2D eigenvalue weighted by Gasteiger charge is -2.27. The summed E-state index contributed by atoms with van der Waals surface area (Å²) in [7, 11) is 3.15. The summed E-state index contributed by atoms with van der Waals surface area (Å²) in [6.07, 6.45) is 3.64. The second kappa shape index (κ2) is 5.31. The molecular weight excluding hydrogens is 218 g/mol. The highest BCUT2D eigenvalue weighted by atomic mass is 16.5. The van der Waals surface area contributed by atoms with Crippen molar-refractivity contribution >= 4 is 5.97 Å². The number of rotatable bonds is 5. The molecule has 0 aromatic carbocycles. The first kappa shape index (κ1) is 13.7. The van der Waals surface area contributed by atoms with E-state index in [1.54, 1.807) is 13.2 Å². The van der Waals surface area contributed by atoms with Crippen LogP contribution in [-0.4, -0.2) is 35.2 Å². The summed E-state index contributed by atoms with van der Waals surface area (Å²) in [6.45, 7) is 6.48. The van der Waals surface area contributed by atoms with Crippen molar-refractivity contribution in [2.45, 2.75) is 38.8 Å². The number of carbonyl (C=O) groups excluding carboxylic acids is 1. The van der Waals surface area contributed by atoms with E-state index >= 15 is 0 Å². The lowest BCUT2D eigenvalue weighted by Crippen LogP contribution is -2.51. The predicted octanol–water partition coefficient (Wildman–Crippen LogP) is 1.16. The van der Waals surface area contributed by atoms with Gasteiger partial charge in [0.15, 0.2) is 0 Å². The molecule has 17 heavy (non-hydrogen) atoms. The van der Waals surface area contributed by atoms with Gasteiger partial charge in [-0.1, -0.05) is 13.8 Å². The molecule has 0 fully saturated rings. The van der Waals surface area contributed by atoms with Gasteiger partial charge < -0.3 is 14.6 Å². The summed E-state index contributed by atoms with van der Waals surface area (Å²) in [6, 6.07) is 0. The third-order valence-electron chi connectivity index (χ3n) is 2.94. The van der Waals surface area contributed by atoms with Crippen LogP contribution in [0, 0.1) is 0 Å². The molecule has 1 heterocycles. The number of nitrogens with zero attached hydrogens (tertiary/aromatic N) is 2. The molecule has 0 amide bonds. The number of hydrogen-bond acceptors (Lipinski definition) is 4. The van der Waals surface area contributed by atoms with Crippen molar-refractivity contribution in [1.29, 1.82) is 0 Å². The molecule has 0 saturated heterocycles. The Morgan fingerprint density at radius 2 is 2.29 bits per heavy atom. The highest BCUT2D eigenvalue weighted by Crippen LogP contribution is 2.16. The van der Waals surface area contributed by atoms with Crippen molar-refractivity contribution in [3.05, 3.63) is 18.2 Å². The SMILES string of the molecule is CNC(C)(Cn1ccnc1C(C)C)C(=O)OC. The summed E-state index contributed by atoms with van der Waals surface area (Å²) in [5, 5.41) is 3.01. The zero-order valence-corrected chi connectivity index (χ0v) is 11.2. The highest BCUT2D eigenvalue weighted by molar-refractivity contribution is 5.80. The molecule has 5 nitrogen and oxygen atoms in total. The average Bonchev–Trinajstić information content (AvgIpc) is 2.75. The Labute approximate surface area is 102 Å². The van der Waals surface area contributed by atoms with E-state index < -0.39 is 5.54 Å². The Balaban J connectivity index is 2.95. The van der Waals surface area contributed by atoms with Crippen LogP contribution in [0.1, 0.15) is 32.5 Å². The fourth-order valence-corrected chi connectivity index (χ4v) is 1.77. The molecule has 1 aromatic heterocycles. The molecule has 0 aliphatic heterocycles. The van der Waals surface area contributed by atoms with Gasteiger partial charge in [0.2, 0.25) is 0 Å². The molecule has 0 radical (unpaired) electrons. The molecule has 1 rings (SSSR count). The zero-order chi connectivity index (χ0) is 13.1. The number of ether oxygens (including phenoxy) is 1. The van der Waals surface area contributed by atoms with Crippen LogP contribution in [0.5, 0.6) is 0 Å². The molecule has 1 atom stereocenters. The van der Waals surface area contributed by atoms with Crippen molar-refractivity contribution in [3.63, 3.8) is 0 Å². The molecule has 1 aromatic rings. The van der Waals surface area contributed by atoms with Crippen molar-refractivity contribution in [2.75, 3.05) is 14.2 Å². The third-order valence-corrected chi connectivity index (χ3v) is 2.94. The van der Waals surface area contributed by atoms with E-state index in [0.29, 0.717) is 12.5 Å². The van der Waals surface area contributed by atoms with Crippen LogP contribution in [0.4, 0.5) is 0 Å². The maximum absolute atomic E-state index is 11.8. The smallest absolute Gasteiger partial charge is 0.327 e. The standard InChI is InChI=1S/C12H21N3O2/c1-9(2)10-14-6-7-15(10)8-12(3,13-4)11(16)17-5/h6-7,9,13H,8H2,1-5H3. The number of carbonyl (C=O) groups is 1. The molecule has 0 aliphatic rings. The Hall–Kier alpha value is -1.36. The van der Waals surface area contributed by atoms with Gasteiger partial charge in [0.1, 0.15) is 11.4 Å². The molecule has 0 bridgehead atoms. The van der Waals surface area contributed by atoms with Crippen LogP contribution in [0.2, 0.25) is 0 Å². The minimum Gasteiger partial charge on any atom is -0.468 e. The Morgan fingerprint density at radius 1 is 1.65 bits per heavy atom. The summed E-state index contributed by atoms with van der Waals surface area (Å²) < 4.78 is 6.80. The van der Waals surface area contributed by atoms with Crippen molar-refractivity contribution < 1.29 is 9.53 Å². The molecule has 5 heteroatoms. The van der Waals surface area contributed by atoms with Crippen LogP contribution >= 0.6 is 0 Å². The topological polar surface area (TPSA) is 56.2 Å². The molecule has 0 saturated carbocycles. The van der Waals surface area contributed by atoms with E-state index in [2.05, 4.69) is 24.1 Å². The Morgan fingerprint density at radius 3 is 2.76 bits per heavy atom. The number of hydrogen-bond donors (Lipinski definition) is 1. The van der Waals surface area contributed by atoms with Gasteiger partial charge in [0.25, 0.3) is 0 Å². The van der Waals surface area contributed by atoms with E-state index in [1.807, 2.05) is 17.7 Å². The predicted molar refractivity (Wildman–Crippen MR) is 65.8 cm³/mol. The van der Waals surface area contributed by atoms with Crippen LogP contribution < -0.4 is 5.32 Å². The van der Waals surface area contributed by atoms with Gasteiger partial charge in [-0.15, -0.1) is 0 Å². The van der Waals surface area contributed by atoms with Gasteiger partial charge in [-0.05, 0) is 14.0 Å². The van der Waals surface area contributed by atoms with Crippen molar-refractivity contribution in [2.24, 2.45) is 0 Å². The van der Waals surface area contributed by atoms with Gasteiger partial charge in [0, 0.05) is 18.3 Å². The zero-order valence-electron chi connectivity index (χ0n) is 11.2. The first-order chi connectivity index (χ1) is 7.94. The van der Waals surface area contributed by atoms with Crippen LogP contribution in [0.25, 0.3) is 0 Å². The third kappa shape index (κ3) is 2.85. The summed E-state index contributed by atoms with van der Waals surface area (Å²) in [5.41, 5.74) is -0.737. The fourth-order valence-electron chi connectivity index (χ4n) is 1.77. The average molecular weight is 239 g/mol. The number of aromatic nitrogens is 2. The lowest BCUT2D eigenvalue weighted by atomic mass is 10.0. The quantitative estimate of drug-likeness (QED) is 0.783. The number of imidazole rings is 1. The fraction of sp³-hybridized carbons (Fsp3) is 0.667. The van der Waals surface area contributed by atoms with E-state index in [0.717, 1.165) is 5.82 Å². The highest BCUT2D eigenvalue weighted by Gasteiger charge is 2.33. The second-order valence-corrected chi connectivity index (χ2v) is 4.64. The van der Waals surface area contributed by atoms with Crippen LogP contribution in [-0.2, 0) is 16.1 Å². The first-order valence-corrected chi connectivity index (χ1v) is 5.73. The second-order valence-electron chi connectivity index (χ2n) is 4.64. The summed E-state index contributed by atoms with van der Waals surface area (Å²) in [5.74, 6) is 1.02. The molecule has 96 valence electrons. The Kier molecular flexibility index (Phi) is 4.28. The van der Waals surface area contributed by atoms with Gasteiger partial charge >= 0.3 is 5.97 Å². The van der Waals surface area contributed by atoms with Crippen molar-refractivity contribution in [3.8, 4) is 0 Å². The monoisotopic (exact) mass is 239 g/mol. The summed E-state index contributed by atoms with van der Waals surface area (Å²) >= 11 is 0. The molecule has 0 aliphatic carbocycles. The number of esters is 1. The number of nitrogens with one attached hydrogen (secondary N) is 1. The molecular formula is C12H21N3O2. The number of likely N-dealkylation sites (N-methyl/N-ethyl adjacent to an activating group) is 1. The Bertz CT molecular complexity index is 387.